The predicted molar refractivity (Wildman–Crippen MR) is 101 cm³/mol. The largest absolute Gasteiger partial charge is 0.453 e. The monoisotopic (exact) mass is 407 g/mol. The van der Waals surface area contributed by atoms with E-state index in [1.807, 2.05) is 0 Å². The quantitative estimate of drug-likeness (QED) is 0.499. The van der Waals surface area contributed by atoms with Gasteiger partial charge in [-0.05, 0) is 53.9 Å². The highest BCUT2D eigenvalue weighted by atomic mass is 32.2. The molecule has 0 aliphatic heterocycles. The number of sulfonamides is 1. The minimum atomic E-state index is -3.40. The van der Waals surface area contributed by atoms with Crippen molar-refractivity contribution >= 4 is 48.9 Å². The van der Waals surface area contributed by atoms with Gasteiger partial charge in [-0.2, -0.15) is 0 Å². The minimum Gasteiger partial charge on any atom is -0.453 e. The topological polar surface area (TPSA) is 89.5 Å². The van der Waals surface area contributed by atoms with E-state index in [1.165, 1.54) is 42.5 Å². The lowest BCUT2D eigenvalue weighted by Crippen LogP contribution is -2.14. The summed E-state index contributed by atoms with van der Waals surface area (Å²) in [5, 5.41) is 0.590. The van der Waals surface area contributed by atoms with E-state index in [9.17, 15) is 22.4 Å². The number of thiophene rings is 1. The number of hydrogen-bond acceptors (Lipinski definition) is 6. The number of carbonyl (C=O) groups is 2. The zero-order valence-electron chi connectivity index (χ0n) is 14.1. The number of carbonyl (C=O) groups excluding carboxylic acids is 2. The van der Waals surface area contributed by atoms with Crippen LogP contribution in [-0.2, 0) is 14.8 Å². The molecule has 3 aromatic rings. The number of nitrogens with one attached hydrogen (secondary N) is 1. The zero-order chi connectivity index (χ0) is 19.6. The number of hydrogen-bond donors (Lipinski definition) is 1. The first-order valence-electron chi connectivity index (χ1n) is 7.68. The molecule has 3 rings (SSSR count). The maximum absolute atomic E-state index is 13.2. The number of benzene rings is 2. The van der Waals surface area contributed by atoms with E-state index in [2.05, 4.69) is 4.72 Å². The van der Waals surface area contributed by atoms with Crippen LogP contribution in [0.5, 0.6) is 0 Å². The van der Waals surface area contributed by atoms with E-state index < -0.39 is 34.2 Å². The Hall–Kier alpha value is -2.78. The zero-order valence-corrected chi connectivity index (χ0v) is 15.7. The second-order valence-electron chi connectivity index (χ2n) is 5.74. The van der Waals surface area contributed by atoms with Gasteiger partial charge in [-0.25, -0.2) is 17.6 Å². The van der Waals surface area contributed by atoms with Gasteiger partial charge in [-0.1, -0.05) is 0 Å². The van der Waals surface area contributed by atoms with Crippen LogP contribution in [0, 0.1) is 5.82 Å². The molecule has 0 aliphatic carbocycles. The molecule has 0 saturated heterocycles. The fraction of sp³-hybridized carbons (Fsp3) is 0.111. The van der Waals surface area contributed by atoms with E-state index in [-0.39, 0.29) is 10.4 Å². The standard InChI is InChI=1S/C18H14FNO5S2/c1-27(23,24)20-14-5-2-11(3-6-14)15(21)10-25-18(22)17-9-12-8-13(19)4-7-16(12)26-17/h2-9,20H,10H2,1H3. The van der Waals surface area contributed by atoms with E-state index in [4.69, 9.17) is 4.74 Å². The van der Waals surface area contributed by atoms with Crippen LogP contribution in [0.15, 0.2) is 48.5 Å². The van der Waals surface area contributed by atoms with Crippen LogP contribution < -0.4 is 4.72 Å². The molecule has 0 atom stereocenters. The number of anilines is 1. The molecule has 0 aliphatic rings. The molecule has 2 aromatic carbocycles. The Morgan fingerprint density at radius 1 is 1.11 bits per heavy atom. The van der Waals surface area contributed by atoms with Gasteiger partial charge in [-0.15, -0.1) is 11.3 Å². The molecule has 6 nitrogen and oxygen atoms in total. The van der Waals surface area contributed by atoms with Crippen LogP contribution in [0.25, 0.3) is 10.1 Å². The summed E-state index contributed by atoms with van der Waals surface area (Å²) >= 11 is 1.15. The van der Waals surface area contributed by atoms with Crippen LogP contribution in [-0.4, -0.2) is 33.0 Å². The summed E-state index contributed by atoms with van der Waals surface area (Å²) in [6.45, 7) is -0.458. The van der Waals surface area contributed by atoms with Crippen molar-refractivity contribution in [1.82, 2.24) is 0 Å². The van der Waals surface area contributed by atoms with E-state index in [0.717, 1.165) is 22.3 Å². The number of ketones is 1. The SMILES string of the molecule is CS(=O)(=O)Nc1ccc(C(=O)COC(=O)c2cc3cc(F)ccc3s2)cc1. The third-order valence-corrected chi connectivity index (χ3v) is 5.23. The number of esters is 1. The summed E-state index contributed by atoms with van der Waals surface area (Å²) < 4.78 is 43.6. The number of fused-ring (bicyclic) bond motifs is 1. The van der Waals surface area contributed by atoms with Gasteiger partial charge in [0, 0.05) is 16.0 Å². The molecule has 1 heterocycles. The summed E-state index contributed by atoms with van der Waals surface area (Å²) in [4.78, 5) is 24.5. The molecule has 0 fully saturated rings. The Morgan fingerprint density at radius 2 is 1.81 bits per heavy atom. The highest BCUT2D eigenvalue weighted by Gasteiger charge is 2.15. The van der Waals surface area contributed by atoms with Crippen molar-refractivity contribution in [3.05, 3.63) is 64.8 Å². The normalized spacial score (nSPS) is 11.3. The summed E-state index contributed by atoms with van der Waals surface area (Å²) in [5.74, 6) is -1.49. The summed E-state index contributed by atoms with van der Waals surface area (Å²) in [7, 11) is -3.40. The second-order valence-corrected chi connectivity index (χ2v) is 8.58. The van der Waals surface area contributed by atoms with Crippen molar-refractivity contribution in [2.75, 3.05) is 17.6 Å². The Morgan fingerprint density at radius 3 is 2.48 bits per heavy atom. The van der Waals surface area contributed by atoms with Crippen LogP contribution in [0.2, 0.25) is 0 Å². The minimum absolute atomic E-state index is 0.274. The summed E-state index contributed by atoms with van der Waals surface area (Å²) in [6.07, 6.45) is 1.02. The smallest absolute Gasteiger partial charge is 0.348 e. The van der Waals surface area contributed by atoms with Gasteiger partial charge in [-0.3, -0.25) is 9.52 Å². The number of halogens is 1. The first kappa shape index (κ1) is 19.0. The molecule has 0 unspecified atom stereocenters. The fourth-order valence-corrected chi connectivity index (χ4v) is 3.84. The molecule has 1 N–H and O–H groups in total. The third kappa shape index (κ3) is 4.89. The Bertz CT molecular complexity index is 1120. The van der Waals surface area contributed by atoms with Gasteiger partial charge in [0.05, 0.1) is 6.26 Å². The van der Waals surface area contributed by atoms with Crippen molar-refractivity contribution in [1.29, 1.82) is 0 Å². The Labute approximate surface area is 158 Å². The summed E-state index contributed by atoms with van der Waals surface area (Å²) in [6, 6.07) is 11.5. The molecule has 0 bridgehead atoms. The van der Waals surface area contributed by atoms with Crippen molar-refractivity contribution in [2.24, 2.45) is 0 Å². The average Bonchev–Trinajstić information content (AvgIpc) is 3.01. The summed E-state index contributed by atoms with van der Waals surface area (Å²) in [5.41, 5.74) is 0.601. The lowest BCUT2D eigenvalue weighted by molar-refractivity contribution is 0.0479. The van der Waals surface area contributed by atoms with Crippen molar-refractivity contribution in [3.8, 4) is 0 Å². The van der Waals surface area contributed by atoms with Gasteiger partial charge in [0.25, 0.3) is 0 Å². The van der Waals surface area contributed by atoms with Gasteiger partial charge in [0.15, 0.2) is 12.4 Å². The van der Waals surface area contributed by atoms with Crippen molar-refractivity contribution < 1.29 is 27.1 Å². The van der Waals surface area contributed by atoms with E-state index in [1.54, 1.807) is 6.07 Å². The van der Waals surface area contributed by atoms with E-state index in [0.29, 0.717) is 11.1 Å². The Kier molecular flexibility index (Phi) is 5.24. The van der Waals surface area contributed by atoms with Crippen LogP contribution in [0.4, 0.5) is 10.1 Å². The molecule has 27 heavy (non-hydrogen) atoms. The van der Waals surface area contributed by atoms with Gasteiger partial charge in [0.1, 0.15) is 10.7 Å². The molecule has 1 aromatic heterocycles. The van der Waals surface area contributed by atoms with Gasteiger partial charge in [0.2, 0.25) is 10.0 Å². The van der Waals surface area contributed by atoms with Crippen LogP contribution in [0.3, 0.4) is 0 Å². The highest BCUT2D eigenvalue weighted by molar-refractivity contribution is 7.92. The van der Waals surface area contributed by atoms with Crippen molar-refractivity contribution in [2.45, 2.75) is 0 Å². The third-order valence-electron chi connectivity index (χ3n) is 3.52. The molecular formula is C18H14FNO5S2. The number of ether oxygens (including phenoxy) is 1. The predicted octanol–water partition coefficient (Wildman–Crippen LogP) is 3.45. The molecular weight excluding hydrogens is 393 g/mol. The van der Waals surface area contributed by atoms with Gasteiger partial charge >= 0.3 is 5.97 Å². The lowest BCUT2D eigenvalue weighted by atomic mass is 10.1. The first-order chi connectivity index (χ1) is 12.7. The maximum atomic E-state index is 13.2. The second kappa shape index (κ2) is 7.45. The molecule has 0 saturated carbocycles. The fourth-order valence-electron chi connectivity index (χ4n) is 2.34. The van der Waals surface area contributed by atoms with Crippen LogP contribution >= 0.6 is 11.3 Å². The molecule has 0 spiro atoms. The molecule has 0 amide bonds. The molecule has 0 radical (unpaired) electrons. The maximum Gasteiger partial charge on any atom is 0.348 e. The first-order valence-corrected chi connectivity index (χ1v) is 10.4. The van der Waals surface area contributed by atoms with Crippen molar-refractivity contribution in [3.63, 3.8) is 0 Å². The lowest BCUT2D eigenvalue weighted by Gasteiger charge is -2.06. The number of Topliss-reactive ketones (excluding diaryl/α,β-unsaturated/α-hetero) is 1. The van der Waals surface area contributed by atoms with Gasteiger partial charge < -0.3 is 4.74 Å². The highest BCUT2D eigenvalue weighted by Crippen LogP contribution is 2.26. The average molecular weight is 407 g/mol. The number of rotatable bonds is 6. The molecule has 140 valence electrons. The van der Waals surface area contributed by atoms with Crippen LogP contribution in [0.1, 0.15) is 20.0 Å². The van der Waals surface area contributed by atoms with E-state index >= 15 is 0 Å². The Balaban J connectivity index is 1.63. The molecule has 9 heteroatoms.